The first-order valence-corrected chi connectivity index (χ1v) is 26.4. The van der Waals surface area contributed by atoms with Crippen LogP contribution < -0.4 is 5.32 Å². The maximum absolute atomic E-state index is 12.5. The Hall–Kier alpha value is -0.870. The zero-order valence-electron chi connectivity index (χ0n) is 39.1. The Morgan fingerprint density at radius 3 is 0.965 bits per heavy atom. The van der Waals surface area contributed by atoms with E-state index >= 15 is 0 Å². The molecule has 0 aromatic heterocycles. The average Bonchev–Trinajstić information content (AvgIpc) is 3.22. The van der Waals surface area contributed by atoms with Gasteiger partial charge in [-0.25, -0.2) is 0 Å². The number of carbonyl (C=O) groups excluding carboxylic acids is 1. The van der Waals surface area contributed by atoms with Crippen molar-refractivity contribution < 1.29 is 15.0 Å². The molecule has 0 saturated carbocycles. The fraction of sp³-hybridized carbons (Fsp3) is 0.943. The van der Waals surface area contributed by atoms with Crippen LogP contribution in [-0.4, -0.2) is 34.9 Å². The third-order valence-electron chi connectivity index (χ3n) is 12.5. The van der Waals surface area contributed by atoms with E-state index in [1.165, 1.54) is 250 Å². The van der Waals surface area contributed by atoms with E-state index in [9.17, 15) is 15.0 Å². The van der Waals surface area contributed by atoms with Crippen molar-refractivity contribution >= 4 is 5.91 Å². The smallest absolute Gasteiger partial charge is 0.220 e. The Labute approximate surface area is 358 Å². The van der Waals surface area contributed by atoms with Gasteiger partial charge in [0.05, 0.1) is 18.8 Å². The molecule has 4 nitrogen and oxygen atoms in total. The lowest BCUT2D eigenvalue weighted by atomic mass is 10.0. The van der Waals surface area contributed by atoms with E-state index in [1.54, 1.807) is 0 Å². The summed E-state index contributed by atoms with van der Waals surface area (Å²) in [5.74, 6) is -0.0302. The lowest BCUT2D eigenvalue weighted by Crippen LogP contribution is -2.45. The van der Waals surface area contributed by atoms with Gasteiger partial charge >= 0.3 is 0 Å². The van der Waals surface area contributed by atoms with Crippen LogP contribution in [0.25, 0.3) is 0 Å². The number of hydrogen-bond donors (Lipinski definition) is 3. The van der Waals surface area contributed by atoms with Crippen molar-refractivity contribution in [3.05, 3.63) is 12.2 Å². The number of nitrogens with one attached hydrogen (secondary N) is 1. The predicted molar refractivity (Wildman–Crippen MR) is 253 cm³/mol. The van der Waals surface area contributed by atoms with Crippen molar-refractivity contribution in [2.75, 3.05) is 6.61 Å². The average molecular weight is 804 g/mol. The van der Waals surface area contributed by atoms with Gasteiger partial charge in [-0.3, -0.25) is 4.79 Å². The number of unbranched alkanes of at least 4 members (excludes halogenated alkanes) is 40. The fourth-order valence-electron chi connectivity index (χ4n) is 8.48. The summed E-state index contributed by atoms with van der Waals surface area (Å²) in [5.41, 5.74) is 0. The zero-order chi connectivity index (χ0) is 41.4. The molecule has 2 atom stereocenters. The van der Waals surface area contributed by atoms with Crippen molar-refractivity contribution in [3.63, 3.8) is 0 Å². The molecule has 0 saturated heterocycles. The molecule has 0 fully saturated rings. The third kappa shape index (κ3) is 46.1. The molecule has 340 valence electrons. The second-order valence-corrected chi connectivity index (χ2v) is 18.3. The van der Waals surface area contributed by atoms with Crippen LogP contribution in [-0.2, 0) is 4.79 Å². The van der Waals surface area contributed by atoms with Crippen LogP contribution in [0.1, 0.15) is 303 Å². The van der Waals surface area contributed by atoms with Gasteiger partial charge in [0.1, 0.15) is 0 Å². The molecular weight excluding hydrogens is 699 g/mol. The summed E-state index contributed by atoms with van der Waals surface area (Å²) >= 11 is 0. The summed E-state index contributed by atoms with van der Waals surface area (Å²) in [7, 11) is 0. The van der Waals surface area contributed by atoms with Crippen molar-refractivity contribution in [2.24, 2.45) is 0 Å². The molecule has 0 rings (SSSR count). The molecule has 4 heteroatoms. The molecule has 0 spiro atoms. The van der Waals surface area contributed by atoms with Crippen LogP contribution in [0.2, 0.25) is 0 Å². The summed E-state index contributed by atoms with van der Waals surface area (Å²) < 4.78 is 0. The van der Waals surface area contributed by atoms with E-state index in [0.29, 0.717) is 12.8 Å². The van der Waals surface area contributed by atoms with Gasteiger partial charge in [0.15, 0.2) is 0 Å². The van der Waals surface area contributed by atoms with Gasteiger partial charge in [-0.2, -0.15) is 0 Å². The first-order chi connectivity index (χ1) is 28.2. The van der Waals surface area contributed by atoms with Gasteiger partial charge in [0.2, 0.25) is 5.91 Å². The SMILES string of the molecule is CCCCCCCCCCCCC/C=C\CCCCCCCCCC(=O)NC(CO)C(O)CCCCCCCCCCCCCCCCCCCCCCCCC. The summed E-state index contributed by atoms with van der Waals surface area (Å²) in [6.45, 7) is 4.39. The summed E-state index contributed by atoms with van der Waals surface area (Å²) in [4.78, 5) is 12.5. The van der Waals surface area contributed by atoms with E-state index in [0.717, 1.165) is 25.7 Å². The number of rotatable bonds is 49. The minimum atomic E-state index is -0.659. The van der Waals surface area contributed by atoms with Gasteiger partial charge in [0, 0.05) is 6.42 Å². The van der Waals surface area contributed by atoms with Crippen molar-refractivity contribution in [1.29, 1.82) is 0 Å². The van der Waals surface area contributed by atoms with Gasteiger partial charge in [-0.15, -0.1) is 0 Å². The molecule has 2 unspecified atom stereocenters. The number of aliphatic hydroxyl groups is 2. The normalized spacial score (nSPS) is 12.8. The highest BCUT2D eigenvalue weighted by molar-refractivity contribution is 5.76. The van der Waals surface area contributed by atoms with Crippen LogP contribution in [0.15, 0.2) is 12.2 Å². The Balaban J connectivity index is 3.45. The maximum atomic E-state index is 12.5. The number of allylic oxidation sites excluding steroid dienone is 2. The first-order valence-electron chi connectivity index (χ1n) is 26.4. The maximum Gasteiger partial charge on any atom is 0.220 e. The number of aliphatic hydroxyl groups excluding tert-OH is 2. The van der Waals surface area contributed by atoms with E-state index in [4.69, 9.17) is 0 Å². The molecular formula is C53H105NO3. The Kier molecular flexibility index (Phi) is 48.7. The van der Waals surface area contributed by atoms with E-state index < -0.39 is 12.1 Å². The lowest BCUT2D eigenvalue weighted by Gasteiger charge is -2.22. The third-order valence-corrected chi connectivity index (χ3v) is 12.5. The van der Waals surface area contributed by atoms with Gasteiger partial charge in [-0.05, 0) is 38.5 Å². The molecule has 0 aliphatic rings. The largest absolute Gasteiger partial charge is 0.394 e. The van der Waals surface area contributed by atoms with Gasteiger partial charge in [0.25, 0.3) is 0 Å². The predicted octanol–water partition coefficient (Wildman–Crippen LogP) is 17.0. The zero-order valence-corrected chi connectivity index (χ0v) is 39.1. The Morgan fingerprint density at radius 1 is 0.404 bits per heavy atom. The Bertz CT molecular complexity index is 784. The van der Waals surface area contributed by atoms with E-state index in [2.05, 4.69) is 31.3 Å². The number of amides is 1. The number of hydrogen-bond acceptors (Lipinski definition) is 3. The summed E-state index contributed by atoms with van der Waals surface area (Å²) in [6.07, 6.45) is 63.2. The highest BCUT2D eigenvalue weighted by Gasteiger charge is 2.20. The first kappa shape index (κ1) is 56.1. The molecule has 0 aliphatic carbocycles. The molecule has 0 aliphatic heterocycles. The standard InChI is InChI=1S/C53H105NO3/c1-3-5-7-9-11-13-15-17-19-21-23-25-27-28-30-32-34-36-38-40-42-44-46-48-52(56)51(50-55)54-53(57)49-47-45-43-41-39-37-35-33-31-29-26-24-22-20-18-16-14-12-10-8-6-4-2/h29,31,51-52,55-56H,3-28,30,32-50H2,1-2H3,(H,54,57)/b31-29-. The molecule has 0 radical (unpaired) electrons. The van der Waals surface area contributed by atoms with E-state index in [1.807, 2.05) is 0 Å². The molecule has 0 bridgehead atoms. The molecule has 0 aromatic rings. The number of carbonyl (C=O) groups is 1. The molecule has 1 amide bonds. The van der Waals surface area contributed by atoms with Crippen molar-refractivity contribution in [3.8, 4) is 0 Å². The second-order valence-electron chi connectivity index (χ2n) is 18.3. The fourth-order valence-corrected chi connectivity index (χ4v) is 8.48. The molecule has 0 aromatic carbocycles. The highest BCUT2D eigenvalue weighted by Crippen LogP contribution is 2.17. The summed E-state index contributed by atoms with van der Waals surface area (Å²) in [5, 5.41) is 23.3. The monoisotopic (exact) mass is 804 g/mol. The van der Waals surface area contributed by atoms with Crippen LogP contribution >= 0.6 is 0 Å². The lowest BCUT2D eigenvalue weighted by molar-refractivity contribution is -0.123. The van der Waals surface area contributed by atoms with Crippen LogP contribution in [0.5, 0.6) is 0 Å². The van der Waals surface area contributed by atoms with E-state index in [-0.39, 0.29) is 12.5 Å². The van der Waals surface area contributed by atoms with Gasteiger partial charge < -0.3 is 15.5 Å². The van der Waals surface area contributed by atoms with Crippen LogP contribution in [0, 0.1) is 0 Å². The molecule has 3 N–H and O–H groups in total. The van der Waals surface area contributed by atoms with Gasteiger partial charge in [-0.1, -0.05) is 270 Å². The Morgan fingerprint density at radius 2 is 0.667 bits per heavy atom. The molecule has 0 heterocycles. The summed E-state index contributed by atoms with van der Waals surface area (Å²) in [6, 6.07) is -0.536. The quantitative estimate of drug-likeness (QED) is 0.0424. The second kappa shape index (κ2) is 49.5. The highest BCUT2D eigenvalue weighted by atomic mass is 16.3. The topological polar surface area (TPSA) is 69.6 Å². The molecule has 57 heavy (non-hydrogen) atoms. The van der Waals surface area contributed by atoms with Crippen molar-refractivity contribution in [1.82, 2.24) is 5.32 Å². The minimum absolute atomic E-state index is 0.0302. The van der Waals surface area contributed by atoms with Crippen molar-refractivity contribution in [2.45, 2.75) is 315 Å². The van der Waals surface area contributed by atoms with Crippen LogP contribution in [0.4, 0.5) is 0 Å². The minimum Gasteiger partial charge on any atom is -0.394 e. The van der Waals surface area contributed by atoms with Crippen LogP contribution in [0.3, 0.4) is 0 Å².